The summed E-state index contributed by atoms with van der Waals surface area (Å²) in [6.45, 7) is 4.82. The van der Waals surface area contributed by atoms with Gasteiger partial charge in [-0.2, -0.15) is 0 Å². The number of anilines is 1. The van der Waals surface area contributed by atoms with Gasteiger partial charge in [-0.25, -0.2) is 4.98 Å². The fraction of sp³-hybridized carbons (Fsp3) is 0.500. The molecular weight excluding hydrogens is 318 g/mol. The molecule has 0 amide bonds. The van der Waals surface area contributed by atoms with E-state index in [1.165, 1.54) is 0 Å². The van der Waals surface area contributed by atoms with Gasteiger partial charge >= 0.3 is 0 Å². The molecule has 134 valence electrons. The second-order valence-corrected chi connectivity index (χ2v) is 6.54. The third kappa shape index (κ3) is 4.17. The lowest BCUT2D eigenvalue weighted by atomic mass is 10.3. The van der Waals surface area contributed by atoms with E-state index in [4.69, 9.17) is 4.74 Å². The van der Waals surface area contributed by atoms with Crippen LogP contribution in [-0.4, -0.2) is 52.7 Å². The number of hydrogen-bond donors (Lipinski definition) is 0. The van der Waals surface area contributed by atoms with E-state index in [2.05, 4.69) is 14.9 Å². The number of aryl methyl sites for hydroxylation is 1. The van der Waals surface area contributed by atoms with Crippen LogP contribution in [0.2, 0.25) is 0 Å². The Morgan fingerprint density at radius 3 is 2.92 bits per heavy atom. The highest BCUT2D eigenvalue weighted by Crippen LogP contribution is 2.21. The highest BCUT2D eigenvalue weighted by atomic mass is 16.5. The van der Waals surface area contributed by atoms with Crippen LogP contribution in [0.5, 0.6) is 5.75 Å². The van der Waals surface area contributed by atoms with Crippen molar-refractivity contribution in [1.82, 2.24) is 19.4 Å². The molecule has 0 N–H and O–H groups in total. The van der Waals surface area contributed by atoms with Gasteiger partial charge in [0.05, 0.1) is 12.2 Å². The maximum Gasteiger partial charge on any atom is 0.293 e. The summed E-state index contributed by atoms with van der Waals surface area (Å²) in [5, 5.41) is 0. The molecule has 0 spiro atoms. The van der Waals surface area contributed by atoms with Crippen LogP contribution in [0.4, 0.5) is 5.82 Å². The Morgan fingerprint density at radius 2 is 2.16 bits per heavy atom. The maximum atomic E-state index is 12.4. The van der Waals surface area contributed by atoms with Gasteiger partial charge in [0.1, 0.15) is 11.9 Å². The molecule has 0 radical (unpaired) electrons. The van der Waals surface area contributed by atoms with Crippen molar-refractivity contribution in [3.63, 3.8) is 0 Å². The fourth-order valence-electron chi connectivity index (χ4n) is 3.05. The number of aromatic nitrogens is 3. The van der Waals surface area contributed by atoms with Crippen molar-refractivity contribution >= 4 is 5.82 Å². The van der Waals surface area contributed by atoms with Gasteiger partial charge in [0.25, 0.3) is 5.56 Å². The number of pyridine rings is 1. The minimum Gasteiger partial charge on any atom is -0.488 e. The first-order valence-corrected chi connectivity index (χ1v) is 8.63. The summed E-state index contributed by atoms with van der Waals surface area (Å²) < 4.78 is 7.78. The lowest BCUT2D eigenvalue weighted by Crippen LogP contribution is -2.33. The monoisotopic (exact) mass is 343 g/mol. The van der Waals surface area contributed by atoms with Gasteiger partial charge in [-0.1, -0.05) is 0 Å². The molecule has 0 aromatic carbocycles. The number of hydrogen-bond acceptors (Lipinski definition) is 6. The second-order valence-electron chi connectivity index (χ2n) is 6.54. The van der Waals surface area contributed by atoms with Crippen LogP contribution in [0, 0.1) is 0 Å². The number of rotatable bonds is 6. The van der Waals surface area contributed by atoms with Gasteiger partial charge < -0.3 is 19.1 Å². The Balaban J connectivity index is 1.67. The molecule has 7 nitrogen and oxygen atoms in total. The van der Waals surface area contributed by atoms with Crippen molar-refractivity contribution in [2.24, 2.45) is 0 Å². The first kappa shape index (κ1) is 17.4. The molecule has 3 heterocycles. The van der Waals surface area contributed by atoms with Gasteiger partial charge in [0, 0.05) is 50.7 Å². The number of nitrogens with zero attached hydrogens (tertiary/aromatic N) is 5. The zero-order valence-electron chi connectivity index (χ0n) is 15.1. The van der Waals surface area contributed by atoms with Crippen LogP contribution in [0.3, 0.4) is 0 Å². The Labute approximate surface area is 147 Å². The second kappa shape index (κ2) is 7.65. The Bertz CT molecular complexity index is 774. The van der Waals surface area contributed by atoms with Crippen LogP contribution in [0.1, 0.15) is 19.0 Å². The van der Waals surface area contributed by atoms with Crippen molar-refractivity contribution in [1.29, 1.82) is 0 Å². The predicted molar refractivity (Wildman–Crippen MR) is 97.0 cm³/mol. The zero-order valence-corrected chi connectivity index (χ0v) is 15.1. The van der Waals surface area contributed by atoms with E-state index in [-0.39, 0.29) is 11.7 Å². The molecule has 2 aromatic heterocycles. The lowest BCUT2D eigenvalue weighted by molar-refractivity contribution is 0.224. The molecule has 1 atom stereocenters. The molecule has 0 aliphatic carbocycles. The van der Waals surface area contributed by atoms with Crippen molar-refractivity contribution in [2.45, 2.75) is 32.5 Å². The summed E-state index contributed by atoms with van der Waals surface area (Å²) in [6, 6.07) is 3.86. The van der Waals surface area contributed by atoms with Crippen LogP contribution in [0.15, 0.2) is 35.5 Å². The summed E-state index contributed by atoms with van der Waals surface area (Å²) in [5.41, 5.74) is 0.941. The molecule has 1 fully saturated rings. The molecule has 0 bridgehead atoms. The van der Waals surface area contributed by atoms with E-state index in [0.717, 1.165) is 31.0 Å². The zero-order chi connectivity index (χ0) is 17.8. The predicted octanol–water partition coefficient (Wildman–Crippen LogP) is 1.38. The Hall–Kier alpha value is -2.41. The van der Waals surface area contributed by atoms with E-state index in [1.807, 2.05) is 38.1 Å². The molecule has 0 saturated carbocycles. The molecule has 3 rings (SSSR count). The van der Waals surface area contributed by atoms with Gasteiger partial charge in [0.15, 0.2) is 5.82 Å². The molecule has 25 heavy (non-hydrogen) atoms. The minimum absolute atomic E-state index is 0.0390. The SMILES string of the molecule is CCn1ccnc(N2CCC(Oc3ccnc(CN(C)C)c3)C2)c1=O. The normalized spacial score (nSPS) is 17.3. The minimum atomic E-state index is -0.0390. The van der Waals surface area contributed by atoms with E-state index in [9.17, 15) is 4.79 Å². The highest BCUT2D eigenvalue weighted by molar-refractivity contribution is 5.37. The fourth-order valence-corrected chi connectivity index (χ4v) is 3.05. The largest absolute Gasteiger partial charge is 0.488 e. The molecule has 1 unspecified atom stereocenters. The van der Waals surface area contributed by atoms with Gasteiger partial charge in [0.2, 0.25) is 0 Å². The van der Waals surface area contributed by atoms with Gasteiger partial charge in [-0.05, 0) is 27.1 Å². The quantitative estimate of drug-likeness (QED) is 0.790. The van der Waals surface area contributed by atoms with E-state index in [0.29, 0.717) is 18.9 Å². The van der Waals surface area contributed by atoms with E-state index < -0.39 is 0 Å². The summed E-state index contributed by atoms with van der Waals surface area (Å²) in [5.74, 6) is 1.34. The van der Waals surface area contributed by atoms with Crippen molar-refractivity contribution < 1.29 is 4.74 Å². The smallest absolute Gasteiger partial charge is 0.293 e. The standard InChI is InChI=1S/C18H25N5O2/c1-4-22-10-8-20-17(18(22)24)23-9-6-16(13-23)25-15-5-7-19-14(11-15)12-21(2)3/h5,7-8,10-11,16H,4,6,9,12-13H2,1-3H3. The molecule has 1 saturated heterocycles. The van der Waals surface area contributed by atoms with Crippen LogP contribution < -0.4 is 15.2 Å². The molecule has 7 heteroatoms. The first-order chi connectivity index (χ1) is 12.1. The molecule has 1 aliphatic heterocycles. The summed E-state index contributed by atoms with van der Waals surface area (Å²) in [6.07, 6.45) is 6.10. The number of ether oxygens (including phenoxy) is 1. The third-order valence-electron chi connectivity index (χ3n) is 4.25. The Morgan fingerprint density at radius 1 is 1.32 bits per heavy atom. The summed E-state index contributed by atoms with van der Waals surface area (Å²) in [7, 11) is 4.03. The van der Waals surface area contributed by atoms with E-state index in [1.54, 1.807) is 23.2 Å². The van der Waals surface area contributed by atoms with Crippen molar-refractivity contribution in [3.8, 4) is 5.75 Å². The average Bonchev–Trinajstić information content (AvgIpc) is 3.03. The van der Waals surface area contributed by atoms with Crippen LogP contribution in [0.25, 0.3) is 0 Å². The van der Waals surface area contributed by atoms with Crippen molar-refractivity contribution in [3.05, 3.63) is 46.8 Å². The van der Waals surface area contributed by atoms with Gasteiger partial charge in [-0.15, -0.1) is 0 Å². The van der Waals surface area contributed by atoms with Gasteiger partial charge in [-0.3, -0.25) is 9.78 Å². The highest BCUT2D eigenvalue weighted by Gasteiger charge is 2.27. The van der Waals surface area contributed by atoms with Crippen LogP contribution in [-0.2, 0) is 13.1 Å². The molecule has 2 aromatic rings. The van der Waals surface area contributed by atoms with E-state index >= 15 is 0 Å². The third-order valence-corrected chi connectivity index (χ3v) is 4.25. The maximum absolute atomic E-state index is 12.4. The summed E-state index contributed by atoms with van der Waals surface area (Å²) in [4.78, 5) is 25.1. The van der Waals surface area contributed by atoms with Crippen molar-refractivity contribution in [2.75, 3.05) is 32.1 Å². The lowest BCUT2D eigenvalue weighted by Gasteiger charge is -2.18. The average molecular weight is 343 g/mol. The Kier molecular flexibility index (Phi) is 5.33. The summed E-state index contributed by atoms with van der Waals surface area (Å²) >= 11 is 0. The first-order valence-electron chi connectivity index (χ1n) is 8.63. The molecule has 1 aliphatic rings. The topological polar surface area (TPSA) is 63.5 Å². The van der Waals surface area contributed by atoms with Crippen LogP contribution >= 0.6 is 0 Å². The molecular formula is C18H25N5O2.